The maximum Gasteiger partial charge on any atom is 0.341 e. The second-order valence-electron chi connectivity index (χ2n) is 7.49. The zero-order valence-electron chi connectivity index (χ0n) is 19.4. The number of methoxy groups -OCH3 is 1. The number of carbonyl (C=O) groups excluding carboxylic acids is 2. The molecule has 0 radical (unpaired) electrons. The van der Waals surface area contributed by atoms with Crippen molar-refractivity contribution < 1.29 is 19.1 Å². The Morgan fingerprint density at radius 3 is 2.44 bits per heavy atom. The number of anilines is 1. The summed E-state index contributed by atoms with van der Waals surface area (Å²) in [6.45, 7) is 4.62. The van der Waals surface area contributed by atoms with E-state index in [1.807, 2.05) is 43.3 Å². The van der Waals surface area contributed by atoms with E-state index in [-0.39, 0.29) is 11.1 Å². The lowest BCUT2D eigenvalue weighted by atomic mass is 10.0. The second-order valence-corrected chi connectivity index (χ2v) is 8.71. The van der Waals surface area contributed by atoms with Gasteiger partial charge in [0.25, 0.3) is 5.91 Å². The molecule has 6 nitrogen and oxygen atoms in total. The SMILES string of the molecule is CCCCOc1ccc(C=C(C#N)C(=O)Nc2sc(C)c(-c3ccccc3)c2C(=O)OC)cc1. The van der Waals surface area contributed by atoms with Crippen molar-refractivity contribution in [2.75, 3.05) is 19.0 Å². The number of hydrogen-bond donors (Lipinski definition) is 1. The molecule has 0 aliphatic rings. The molecule has 0 saturated heterocycles. The third kappa shape index (κ3) is 5.91. The standard InChI is InChI=1S/C27H26N2O4S/c1-4-5-15-33-22-13-11-19(12-14-22)16-21(17-28)25(30)29-26-24(27(31)32-3)23(18(2)34-26)20-9-7-6-8-10-20/h6-14,16H,4-5,15H2,1-3H3,(H,29,30). The number of hydrogen-bond acceptors (Lipinski definition) is 6. The van der Waals surface area contributed by atoms with Crippen LogP contribution in [0.2, 0.25) is 0 Å². The molecule has 174 valence electrons. The van der Waals surface area contributed by atoms with Gasteiger partial charge in [-0.2, -0.15) is 5.26 Å². The molecule has 0 fully saturated rings. The van der Waals surface area contributed by atoms with Gasteiger partial charge in [0.2, 0.25) is 0 Å². The first-order valence-electron chi connectivity index (χ1n) is 10.9. The van der Waals surface area contributed by atoms with Gasteiger partial charge in [0, 0.05) is 10.4 Å². The van der Waals surface area contributed by atoms with Gasteiger partial charge >= 0.3 is 5.97 Å². The van der Waals surface area contributed by atoms with Crippen LogP contribution in [-0.4, -0.2) is 25.6 Å². The molecule has 1 amide bonds. The Morgan fingerprint density at radius 2 is 1.82 bits per heavy atom. The fourth-order valence-electron chi connectivity index (χ4n) is 3.36. The van der Waals surface area contributed by atoms with E-state index >= 15 is 0 Å². The average Bonchev–Trinajstić information content (AvgIpc) is 3.18. The summed E-state index contributed by atoms with van der Waals surface area (Å²) in [7, 11) is 1.30. The number of unbranched alkanes of at least 4 members (excludes halogenated alkanes) is 1. The van der Waals surface area contributed by atoms with Gasteiger partial charge in [0.15, 0.2) is 0 Å². The number of esters is 1. The maximum absolute atomic E-state index is 12.9. The van der Waals surface area contributed by atoms with E-state index in [2.05, 4.69) is 12.2 Å². The summed E-state index contributed by atoms with van der Waals surface area (Å²) < 4.78 is 10.6. The largest absolute Gasteiger partial charge is 0.494 e. The van der Waals surface area contributed by atoms with Gasteiger partial charge in [-0.3, -0.25) is 4.79 Å². The summed E-state index contributed by atoms with van der Waals surface area (Å²) in [5.41, 5.74) is 2.43. The van der Waals surface area contributed by atoms with Crippen LogP contribution in [-0.2, 0) is 9.53 Å². The summed E-state index contributed by atoms with van der Waals surface area (Å²) in [4.78, 5) is 26.4. The smallest absolute Gasteiger partial charge is 0.341 e. The minimum Gasteiger partial charge on any atom is -0.494 e. The van der Waals surface area contributed by atoms with E-state index < -0.39 is 11.9 Å². The predicted octanol–water partition coefficient (Wildman–Crippen LogP) is 6.23. The van der Waals surface area contributed by atoms with Gasteiger partial charge in [-0.25, -0.2) is 4.79 Å². The van der Waals surface area contributed by atoms with Gasteiger partial charge in [-0.15, -0.1) is 11.3 Å². The Kier molecular flexibility index (Phi) is 8.60. The Hall–Kier alpha value is -3.89. The van der Waals surface area contributed by atoms with E-state index in [0.717, 1.165) is 29.0 Å². The van der Waals surface area contributed by atoms with E-state index in [9.17, 15) is 14.9 Å². The summed E-state index contributed by atoms with van der Waals surface area (Å²) >= 11 is 1.27. The zero-order valence-corrected chi connectivity index (χ0v) is 20.2. The molecule has 0 saturated carbocycles. The number of nitrogens with zero attached hydrogens (tertiary/aromatic N) is 1. The first-order valence-corrected chi connectivity index (χ1v) is 11.7. The van der Waals surface area contributed by atoms with Crippen molar-refractivity contribution in [3.63, 3.8) is 0 Å². The highest BCUT2D eigenvalue weighted by Gasteiger charge is 2.25. The third-order valence-electron chi connectivity index (χ3n) is 5.09. The summed E-state index contributed by atoms with van der Waals surface area (Å²) in [6.07, 6.45) is 3.53. The predicted molar refractivity (Wildman–Crippen MR) is 135 cm³/mol. The van der Waals surface area contributed by atoms with Crippen molar-refractivity contribution >= 4 is 34.3 Å². The molecule has 0 bridgehead atoms. The fraction of sp³-hybridized carbons (Fsp3) is 0.222. The minimum absolute atomic E-state index is 0.0808. The quantitative estimate of drug-likeness (QED) is 0.172. The van der Waals surface area contributed by atoms with Crippen molar-refractivity contribution in [2.45, 2.75) is 26.7 Å². The molecule has 3 aromatic rings. The lowest BCUT2D eigenvalue weighted by molar-refractivity contribution is -0.112. The van der Waals surface area contributed by atoms with Crippen molar-refractivity contribution in [1.82, 2.24) is 0 Å². The van der Waals surface area contributed by atoms with E-state index in [0.29, 0.717) is 22.7 Å². The molecule has 0 aliphatic carbocycles. The van der Waals surface area contributed by atoms with Crippen LogP contribution in [0, 0.1) is 18.3 Å². The number of benzene rings is 2. The second kappa shape index (κ2) is 11.8. The molecular formula is C27H26N2O4S. The molecule has 0 unspecified atom stereocenters. The van der Waals surface area contributed by atoms with Gasteiger partial charge in [-0.1, -0.05) is 55.8 Å². The summed E-state index contributed by atoms with van der Waals surface area (Å²) in [6, 6.07) is 18.6. The molecule has 0 aliphatic heterocycles. The van der Waals surface area contributed by atoms with Gasteiger partial charge < -0.3 is 14.8 Å². The average molecular weight is 475 g/mol. The molecule has 7 heteroatoms. The van der Waals surface area contributed by atoms with Crippen LogP contribution in [0.4, 0.5) is 5.00 Å². The number of rotatable bonds is 9. The number of nitriles is 1. The van der Waals surface area contributed by atoms with Crippen LogP contribution < -0.4 is 10.1 Å². The fourth-order valence-corrected chi connectivity index (χ4v) is 4.42. The minimum atomic E-state index is -0.600. The molecule has 0 spiro atoms. The maximum atomic E-state index is 12.9. The van der Waals surface area contributed by atoms with Crippen molar-refractivity contribution in [1.29, 1.82) is 5.26 Å². The number of thiophene rings is 1. The lowest BCUT2D eigenvalue weighted by Gasteiger charge is -2.08. The monoisotopic (exact) mass is 474 g/mol. The molecular weight excluding hydrogens is 448 g/mol. The Labute approximate surface area is 203 Å². The van der Waals surface area contributed by atoms with Crippen molar-refractivity contribution in [2.24, 2.45) is 0 Å². The van der Waals surface area contributed by atoms with Gasteiger partial charge in [0.05, 0.1) is 13.7 Å². The normalized spacial score (nSPS) is 10.9. The van der Waals surface area contributed by atoms with E-state index in [4.69, 9.17) is 9.47 Å². The Morgan fingerprint density at radius 1 is 1.12 bits per heavy atom. The van der Waals surface area contributed by atoms with Gasteiger partial charge in [-0.05, 0) is 42.7 Å². The topological polar surface area (TPSA) is 88.4 Å². The van der Waals surface area contributed by atoms with Crippen molar-refractivity contribution in [3.8, 4) is 22.9 Å². The molecule has 0 atom stereocenters. The summed E-state index contributed by atoms with van der Waals surface area (Å²) in [5, 5.41) is 12.7. The van der Waals surface area contributed by atoms with Crippen LogP contribution in [0.15, 0.2) is 60.2 Å². The van der Waals surface area contributed by atoms with Crippen LogP contribution in [0.25, 0.3) is 17.2 Å². The van der Waals surface area contributed by atoms with Crippen LogP contribution in [0.1, 0.15) is 40.6 Å². The van der Waals surface area contributed by atoms with Crippen LogP contribution in [0.5, 0.6) is 5.75 Å². The molecule has 3 rings (SSSR count). The number of carbonyl (C=O) groups is 2. The molecule has 1 N–H and O–H groups in total. The number of nitrogens with one attached hydrogen (secondary N) is 1. The molecule has 34 heavy (non-hydrogen) atoms. The lowest BCUT2D eigenvalue weighted by Crippen LogP contribution is -2.15. The zero-order chi connectivity index (χ0) is 24.5. The molecule has 1 heterocycles. The highest BCUT2D eigenvalue weighted by atomic mass is 32.1. The highest BCUT2D eigenvalue weighted by molar-refractivity contribution is 7.17. The van der Waals surface area contributed by atoms with Crippen LogP contribution >= 0.6 is 11.3 Å². The number of amides is 1. The number of aryl methyl sites for hydroxylation is 1. The first-order chi connectivity index (χ1) is 16.5. The molecule has 1 aromatic heterocycles. The van der Waals surface area contributed by atoms with Gasteiger partial charge in [0.1, 0.15) is 28.0 Å². The van der Waals surface area contributed by atoms with Crippen molar-refractivity contribution in [3.05, 3.63) is 76.2 Å². The van der Waals surface area contributed by atoms with E-state index in [1.54, 1.807) is 24.3 Å². The summed E-state index contributed by atoms with van der Waals surface area (Å²) in [5.74, 6) is -0.421. The third-order valence-corrected chi connectivity index (χ3v) is 6.11. The Bertz CT molecular complexity index is 1220. The first kappa shape index (κ1) is 24.7. The highest BCUT2D eigenvalue weighted by Crippen LogP contribution is 2.40. The van der Waals surface area contributed by atoms with Crippen LogP contribution in [0.3, 0.4) is 0 Å². The Balaban J connectivity index is 1.86. The molecule has 2 aromatic carbocycles. The number of ether oxygens (including phenoxy) is 2. The van der Waals surface area contributed by atoms with E-state index in [1.165, 1.54) is 24.5 Å².